The molecule has 1 amide bonds. The fourth-order valence-electron chi connectivity index (χ4n) is 2.15. The normalized spacial score (nSPS) is 10.8. The number of hydrogen-bond donors (Lipinski definition) is 1. The van der Waals surface area contributed by atoms with E-state index in [0.717, 1.165) is 16.9 Å². The van der Waals surface area contributed by atoms with E-state index in [-0.39, 0.29) is 11.7 Å². The number of ether oxygens (including phenoxy) is 1. The average Bonchev–Trinajstić information content (AvgIpc) is 3.09. The number of anilines is 1. The van der Waals surface area contributed by atoms with Crippen LogP contribution in [0.3, 0.4) is 0 Å². The number of hydrogen-bond acceptors (Lipinski definition) is 4. The van der Waals surface area contributed by atoms with Crippen LogP contribution in [-0.4, -0.2) is 18.0 Å². The molecule has 0 aliphatic heterocycles. The summed E-state index contributed by atoms with van der Waals surface area (Å²) < 4.78 is 18.1. The summed E-state index contributed by atoms with van der Waals surface area (Å²) >= 11 is 1.31. The smallest absolute Gasteiger partial charge is 0.250 e. The highest BCUT2D eigenvalue weighted by molar-refractivity contribution is 7.14. The average molecular weight is 354 g/mol. The van der Waals surface area contributed by atoms with Crippen LogP contribution in [0.25, 0.3) is 17.3 Å². The summed E-state index contributed by atoms with van der Waals surface area (Å²) in [6.45, 7) is 0. The SMILES string of the molecule is COc1cccc(/C=C/C(=O)Nc2nc(-c3ccc(F)cc3)cs2)c1. The van der Waals surface area contributed by atoms with Crippen LogP contribution in [0.1, 0.15) is 5.56 Å². The van der Waals surface area contributed by atoms with E-state index >= 15 is 0 Å². The molecule has 0 saturated carbocycles. The minimum Gasteiger partial charge on any atom is -0.497 e. The number of methoxy groups -OCH3 is 1. The summed E-state index contributed by atoms with van der Waals surface area (Å²) in [7, 11) is 1.59. The lowest BCUT2D eigenvalue weighted by atomic mass is 10.2. The molecule has 126 valence electrons. The van der Waals surface area contributed by atoms with Crippen molar-refractivity contribution in [3.63, 3.8) is 0 Å². The number of carbonyl (C=O) groups is 1. The van der Waals surface area contributed by atoms with E-state index in [1.807, 2.05) is 29.6 Å². The molecule has 0 unspecified atom stereocenters. The van der Waals surface area contributed by atoms with Crippen molar-refractivity contribution in [2.45, 2.75) is 0 Å². The lowest BCUT2D eigenvalue weighted by molar-refractivity contribution is -0.111. The van der Waals surface area contributed by atoms with E-state index in [0.29, 0.717) is 10.8 Å². The number of aromatic nitrogens is 1. The number of carbonyl (C=O) groups excluding carboxylic acids is 1. The van der Waals surface area contributed by atoms with Crippen molar-refractivity contribution in [2.75, 3.05) is 12.4 Å². The molecule has 3 aromatic rings. The van der Waals surface area contributed by atoms with E-state index in [2.05, 4.69) is 10.3 Å². The van der Waals surface area contributed by atoms with Crippen molar-refractivity contribution in [2.24, 2.45) is 0 Å². The van der Waals surface area contributed by atoms with Gasteiger partial charge in [-0.1, -0.05) is 12.1 Å². The van der Waals surface area contributed by atoms with E-state index in [1.54, 1.807) is 25.3 Å². The monoisotopic (exact) mass is 354 g/mol. The van der Waals surface area contributed by atoms with Gasteiger partial charge in [0.15, 0.2) is 5.13 Å². The van der Waals surface area contributed by atoms with E-state index in [1.165, 1.54) is 29.5 Å². The number of benzene rings is 2. The van der Waals surface area contributed by atoms with Crippen LogP contribution in [0.15, 0.2) is 60.0 Å². The summed E-state index contributed by atoms with van der Waals surface area (Å²) in [5.41, 5.74) is 2.35. The maximum atomic E-state index is 13.0. The van der Waals surface area contributed by atoms with E-state index < -0.39 is 0 Å². The predicted octanol–water partition coefficient (Wildman–Crippen LogP) is 4.61. The van der Waals surface area contributed by atoms with Gasteiger partial charge in [-0.3, -0.25) is 10.1 Å². The standard InChI is InChI=1S/C19H15FN2O2S/c1-24-16-4-2-3-13(11-16)5-10-18(23)22-19-21-17(12-25-19)14-6-8-15(20)9-7-14/h2-12H,1H3,(H,21,22,23)/b10-5+. The number of halogens is 1. The molecule has 1 N–H and O–H groups in total. The molecule has 0 atom stereocenters. The highest BCUT2D eigenvalue weighted by Crippen LogP contribution is 2.25. The molecule has 3 rings (SSSR count). The molecule has 0 radical (unpaired) electrons. The summed E-state index contributed by atoms with van der Waals surface area (Å²) in [4.78, 5) is 16.4. The topological polar surface area (TPSA) is 51.2 Å². The third-order valence-electron chi connectivity index (χ3n) is 3.40. The minimum absolute atomic E-state index is 0.275. The van der Waals surface area contributed by atoms with Gasteiger partial charge < -0.3 is 4.74 Å². The van der Waals surface area contributed by atoms with Crippen LogP contribution in [-0.2, 0) is 4.79 Å². The van der Waals surface area contributed by atoms with Crippen molar-refractivity contribution < 1.29 is 13.9 Å². The van der Waals surface area contributed by atoms with Gasteiger partial charge in [0.2, 0.25) is 5.91 Å². The summed E-state index contributed by atoms with van der Waals surface area (Å²) in [6, 6.07) is 13.5. The molecule has 0 spiro atoms. The zero-order valence-corrected chi connectivity index (χ0v) is 14.2. The van der Waals surface area contributed by atoms with Gasteiger partial charge in [0, 0.05) is 17.0 Å². The first-order valence-electron chi connectivity index (χ1n) is 7.48. The van der Waals surface area contributed by atoms with E-state index in [9.17, 15) is 9.18 Å². The zero-order chi connectivity index (χ0) is 17.6. The second-order valence-electron chi connectivity index (χ2n) is 5.14. The number of amides is 1. The molecular formula is C19H15FN2O2S. The summed E-state index contributed by atoms with van der Waals surface area (Å²) in [6.07, 6.45) is 3.14. The van der Waals surface area contributed by atoms with Crippen LogP contribution in [0, 0.1) is 5.82 Å². The molecule has 0 aliphatic carbocycles. The third kappa shape index (κ3) is 4.51. The van der Waals surface area contributed by atoms with Crippen molar-refractivity contribution in [3.8, 4) is 17.0 Å². The Kier molecular flexibility index (Phi) is 5.20. The first kappa shape index (κ1) is 16.9. The largest absolute Gasteiger partial charge is 0.497 e. The first-order chi connectivity index (χ1) is 12.1. The van der Waals surface area contributed by atoms with Gasteiger partial charge in [-0.15, -0.1) is 11.3 Å². The second kappa shape index (κ2) is 7.72. The van der Waals surface area contributed by atoms with Crippen LogP contribution in [0.5, 0.6) is 5.75 Å². The Morgan fingerprint density at radius 3 is 2.80 bits per heavy atom. The number of thiazole rings is 1. The minimum atomic E-state index is -0.296. The molecule has 6 heteroatoms. The third-order valence-corrected chi connectivity index (χ3v) is 4.15. The Hall–Kier alpha value is -2.99. The second-order valence-corrected chi connectivity index (χ2v) is 6.00. The lowest BCUT2D eigenvalue weighted by Crippen LogP contribution is -2.07. The molecule has 0 aliphatic rings. The molecular weight excluding hydrogens is 339 g/mol. The maximum Gasteiger partial charge on any atom is 0.250 e. The lowest BCUT2D eigenvalue weighted by Gasteiger charge is -2.00. The Balaban J connectivity index is 1.65. The summed E-state index contributed by atoms with van der Waals surface area (Å²) in [5.74, 6) is 0.157. The molecule has 0 fully saturated rings. The fraction of sp³-hybridized carbons (Fsp3) is 0.0526. The number of rotatable bonds is 5. The van der Waals surface area contributed by atoms with Crippen molar-refractivity contribution in [1.82, 2.24) is 4.98 Å². The highest BCUT2D eigenvalue weighted by atomic mass is 32.1. The molecule has 2 aromatic carbocycles. The van der Waals surface area contributed by atoms with Crippen LogP contribution in [0.4, 0.5) is 9.52 Å². The zero-order valence-electron chi connectivity index (χ0n) is 13.4. The quantitative estimate of drug-likeness (QED) is 0.681. The number of nitrogens with one attached hydrogen (secondary N) is 1. The molecule has 1 heterocycles. The van der Waals surface area contributed by atoms with Gasteiger partial charge in [-0.05, 0) is 48.0 Å². The van der Waals surface area contributed by atoms with Gasteiger partial charge in [0.05, 0.1) is 12.8 Å². The van der Waals surface area contributed by atoms with Gasteiger partial charge in [-0.25, -0.2) is 9.37 Å². The van der Waals surface area contributed by atoms with Crippen molar-refractivity contribution in [3.05, 3.63) is 71.4 Å². The van der Waals surface area contributed by atoms with E-state index in [4.69, 9.17) is 4.74 Å². The molecule has 0 bridgehead atoms. The predicted molar refractivity (Wildman–Crippen MR) is 98.2 cm³/mol. The van der Waals surface area contributed by atoms with Crippen LogP contribution >= 0.6 is 11.3 Å². The van der Waals surface area contributed by atoms with Gasteiger partial charge in [0.1, 0.15) is 11.6 Å². The molecule has 4 nitrogen and oxygen atoms in total. The Morgan fingerprint density at radius 1 is 1.24 bits per heavy atom. The van der Waals surface area contributed by atoms with Crippen molar-refractivity contribution in [1.29, 1.82) is 0 Å². The summed E-state index contributed by atoms with van der Waals surface area (Å²) in [5, 5.41) is 5.02. The molecule has 25 heavy (non-hydrogen) atoms. The maximum absolute atomic E-state index is 13.0. The Bertz CT molecular complexity index is 904. The highest BCUT2D eigenvalue weighted by Gasteiger charge is 2.06. The van der Waals surface area contributed by atoms with Crippen LogP contribution in [0.2, 0.25) is 0 Å². The van der Waals surface area contributed by atoms with Gasteiger partial charge in [-0.2, -0.15) is 0 Å². The fourth-order valence-corrected chi connectivity index (χ4v) is 2.87. The number of nitrogens with zero attached hydrogens (tertiary/aromatic N) is 1. The Morgan fingerprint density at radius 2 is 2.04 bits per heavy atom. The molecule has 1 aromatic heterocycles. The molecule has 0 saturated heterocycles. The van der Waals surface area contributed by atoms with Gasteiger partial charge in [0.25, 0.3) is 0 Å². The first-order valence-corrected chi connectivity index (χ1v) is 8.36. The Labute approximate surface area is 148 Å². The van der Waals surface area contributed by atoms with Crippen LogP contribution < -0.4 is 10.1 Å². The van der Waals surface area contributed by atoms with Crippen molar-refractivity contribution >= 4 is 28.5 Å². The van der Waals surface area contributed by atoms with Gasteiger partial charge >= 0.3 is 0 Å².